The van der Waals surface area contributed by atoms with E-state index in [2.05, 4.69) is 4.98 Å². The number of hydrogen-bond acceptors (Lipinski definition) is 4. The largest absolute Gasteiger partial charge is 0.416 e. The number of ketones is 1. The molecule has 0 N–H and O–H groups in total. The van der Waals surface area contributed by atoms with E-state index in [0.29, 0.717) is 16.6 Å². The second kappa shape index (κ2) is 9.03. The Bertz CT molecular complexity index is 1460. The van der Waals surface area contributed by atoms with Gasteiger partial charge in [-0.2, -0.15) is 13.2 Å². The molecule has 0 aliphatic carbocycles. The summed E-state index contributed by atoms with van der Waals surface area (Å²) < 4.78 is 39.1. The van der Waals surface area contributed by atoms with Crippen LogP contribution in [-0.2, 0) is 23.8 Å². The van der Waals surface area contributed by atoms with Gasteiger partial charge in [0, 0.05) is 24.4 Å². The summed E-state index contributed by atoms with van der Waals surface area (Å²) in [7, 11) is 0. The number of carbonyl (C=O) groups excluding carboxylic acids is 3. The van der Waals surface area contributed by atoms with Gasteiger partial charge in [0.1, 0.15) is 6.04 Å². The highest BCUT2D eigenvalue weighted by Gasteiger charge is 2.42. The van der Waals surface area contributed by atoms with Crippen LogP contribution in [0.25, 0.3) is 10.9 Å². The molecule has 0 unspecified atom stereocenters. The maximum Gasteiger partial charge on any atom is 0.416 e. The molecule has 5 nitrogen and oxygen atoms in total. The third kappa shape index (κ3) is 4.26. The molecule has 3 aromatic carbocycles. The van der Waals surface area contributed by atoms with E-state index in [1.165, 1.54) is 24.3 Å². The van der Waals surface area contributed by atoms with E-state index >= 15 is 0 Å². The maximum absolute atomic E-state index is 13.7. The number of pyridine rings is 1. The second-order valence-corrected chi connectivity index (χ2v) is 8.58. The number of hydrogen-bond donors (Lipinski definition) is 0. The zero-order valence-electron chi connectivity index (χ0n) is 18.8. The number of alkyl halides is 3. The molecule has 5 rings (SSSR count). The first-order valence-corrected chi connectivity index (χ1v) is 11.2. The topological polar surface area (TPSA) is 67.3 Å². The van der Waals surface area contributed by atoms with Crippen LogP contribution in [0.15, 0.2) is 85.1 Å². The molecule has 2 amide bonds. The first kappa shape index (κ1) is 23.4. The van der Waals surface area contributed by atoms with Gasteiger partial charge in [0.05, 0.1) is 22.2 Å². The van der Waals surface area contributed by atoms with Gasteiger partial charge in [-0.1, -0.05) is 48.5 Å². The third-order valence-electron chi connectivity index (χ3n) is 6.30. The number of Topliss-reactive ketones (excluding diaryl/α,β-unsaturated/α-hetero) is 1. The molecule has 0 fully saturated rings. The van der Waals surface area contributed by atoms with E-state index in [9.17, 15) is 27.6 Å². The lowest BCUT2D eigenvalue weighted by molar-refractivity contribution is -0.137. The Hall–Kier alpha value is -4.33. The van der Waals surface area contributed by atoms with Gasteiger partial charge in [-0.3, -0.25) is 24.3 Å². The van der Waals surface area contributed by atoms with Gasteiger partial charge in [0.2, 0.25) is 0 Å². The van der Waals surface area contributed by atoms with Crippen molar-refractivity contribution < 1.29 is 27.6 Å². The van der Waals surface area contributed by atoms with Crippen LogP contribution < -0.4 is 0 Å². The summed E-state index contributed by atoms with van der Waals surface area (Å²) in [5.41, 5.74) is 1.22. The van der Waals surface area contributed by atoms with Gasteiger partial charge in [-0.15, -0.1) is 0 Å². The van der Waals surface area contributed by atoms with E-state index in [1.807, 2.05) is 12.1 Å². The van der Waals surface area contributed by atoms with Crippen LogP contribution in [0.5, 0.6) is 0 Å². The molecule has 0 radical (unpaired) electrons. The zero-order chi connectivity index (χ0) is 25.4. The second-order valence-electron chi connectivity index (χ2n) is 8.58. The Balaban J connectivity index is 1.51. The predicted octanol–water partition coefficient (Wildman–Crippen LogP) is 5.27. The number of carbonyl (C=O) groups is 3. The summed E-state index contributed by atoms with van der Waals surface area (Å²) in [4.78, 5) is 45.3. The fraction of sp³-hybridized carbons (Fsp3) is 0.143. The molecule has 0 bridgehead atoms. The minimum Gasteiger partial charge on any atom is -0.297 e. The number of imide groups is 1. The van der Waals surface area contributed by atoms with E-state index < -0.39 is 35.4 Å². The van der Waals surface area contributed by atoms with Crippen LogP contribution in [0.2, 0.25) is 0 Å². The number of aromatic nitrogens is 1. The number of nitrogens with zero attached hydrogens (tertiary/aromatic N) is 2. The normalized spacial score (nSPS) is 14.2. The lowest BCUT2D eigenvalue weighted by atomic mass is 9.95. The average molecular weight is 488 g/mol. The summed E-state index contributed by atoms with van der Waals surface area (Å²) >= 11 is 0. The Kier molecular flexibility index (Phi) is 5.88. The van der Waals surface area contributed by atoms with Crippen LogP contribution in [0.3, 0.4) is 0 Å². The van der Waals surface area contributed by atoms with Crippen molar-refractivity contribution in [3.05, 3.63) is 113 Å². The summed E-state index contributed by atoms with van der Waals surface area (Å²) in [6, 6.07) is 18.5. The van der Waals surface area contributed by atoms with Gasteiger partial charge in [0.15, 0.2) is 5.78 Å². The average Bonchev–Trinajstić information content (AvgIpc) is 3.12. The van der Waals surface area contributed by atoms with Gasteiger partial charge < -0.3 is 0 Å². The Morgan fingerprint density at radius 3 is 2.11 bits per heavy atom. The third-order valence-corrected chi connectivity index (χ3v) is 6.30. The van der Waals surface area contributed by atoms with Gasteiger partial charge in [-0.05, 0) is 41.5 Å². The molecular weight excluding hydrogens is 469 g/mol. The molecule has 1 aliphatic rings. The van der Waals surface area contributed by atoms with Crippen molar-refractivity contribution in [3.63, 3.8) is 0 Å². The van der Waals surface area contributed by atoms with Crippen molar-refractivity contribution in [3.8, 4) is 0 Å². The van der Waals surface area contributed by atoms with E-state index in [4.69, 9.17) is 0 Å². The fourth-order valence-electron chi connectivity index (χ4n) is 4.51. The predicted molar refractivity (Wildman–Crippen MR) is 126 cm³/mol. The maximum atomic E-state index is 13.7. The van der Waals surface area contributed by atoms with Crippen molar-refractivity contribution in [1.82, 2.24) is 9.88 Å². The number of amides is 2. The molecule has 1 aliphatic heterocycles. The fourth-order valence-corrected chi connectivity index (χ4v) is 4.51. The van der Waals surface area contributed by atoms with Crippen LogP contribution >= 0.6 is 0 Å². The Morgan fingerprint density at radius 1 is 0.833 bits per heavy atom. The standard InChI is InChI=1S/C28H19F3N2O3/c29-28(30,31)20-12-10-17(11-13-20)15-23(33-26(35)21-8-1-2-9-22(21)27(33)36)24(34)16-19-6-3-5-18-7-4-14-32-25(18)19/h1-14,23H,15-16H2/t23-/m0/s1. The van der Waals surface area contributed by atoms with Crippen molar-refractivity contribution >= 4 is 28.5 Å². The van der Waals surface area contributed by atoms with Crippen molar-refractivity contribution in [2.45, 2.75) is 25.1 Å². The highest BCUT2D eigenvalue weighted by molar-refractivity contribution is 6.23. The first-order chi connectivity index (χ1) is 17.2. The molecule has 8 heteroatoms. The summed E-state index contributed by atoms with van der Waals surface area (Å²) in [6.07, 6.45) is -3.11. The van der Waals surface area contributed by atoms with Gasteiger partial charge >= 0.3 is 6.18 Å². The van der Waals surface area contributed by atoms with E-state index in [-0.39, 0.29) is 24.0 Å². The molecule has 1 aromatic heterocycles. The van der Waals surface area contributed by atoms with E-state index in [0.717, 1.165) is 22.4 Å². The number of fused-ring (bicyclic) bond motifs is 2. The molecule has 0 saturated heterocycles. The highest BCUT2D eigenvalue weighted by Crippen LogP contribution is 2.31. The number of benzene rings is 3. The monoisotopic (exact) mass is 488 g/mol. The molecule has 0 saturated carbocycles. The summed E-state index contributed by atoms with van der Waals surface area (Å²) in [5, 5.41) is 0.836. The Morgan fingerprint density at radius 2 is 1.47 bits per heavy atom. The highest BCUT2D eigenvalue weighted by atomic mass is 19.4. The number of para-hydroxylation sites is 1. The summed E-state index contributed by atoms with van der Waals surface area (Å²) in [6.45, 7) is 0. The summed E-state index contributed by atoms with van der Waals surface area (Å²) in [5.74, 6) is -1.61. The smallest absolute Gasteiger partial charge is 0.297 e. The SMILES string of the molecule is O=C(Cc1cccc2cccnc12)[C@H](Cc1ccc(C(F)(F)F)cc1)N1C(=O)c2ccccc2C1=O. The van der Waals surface area contributed by atoms with Crippen molar-refractivity contribution in [2.24, 2.45) is 0 Å². The van der Waals surface area contributed by atoms with Crippen LogP contribution in [0.1, 0.15) is 37.4 Å². The van der Waals surface area contributed by atoms with Gasteiger partial charge in [0.25, 0.3) is 11.8 Å². The van der Waals surface area contributed by atoms with Crippen LogP contribution in [0.4, 0.5) is 13.2 Å². The molecule has 2 heterocycles. The van der Waals surface area contributed by atoms with Crippen molar-refractivity contribution in [2.75, 3.05) is 0 Å². The molecule has 4 aromatic rings. The van der Waals surface area contributed by atoms with Crippen molar-refractivity contribution in [1.29, 1.82) is 0 Å². The lowest BCUT2D eigenvalue weighted by Crippen LogP contribution is -2.46. The van der Waals surface area contributed by atoms with Crippen LogP contribution in [0, 0.1) is 0 Å². The molecule has 0 spiro atoms. The zero-order valence-corrected chi connectivity index (χ0v) is 18.8. The Labute approximate surface area is 204 Å². The molecule has 180 valence electrons. The molecular formula is C28H19F3N2O3. The van der Waals surface area contributed by atoms with Gasteiger partial charge in [-0.25, -0.2) is 0 Å². The molecule has 36 heavy (non-hydrogen) atoms. The van der Waals surface area contributed by atoms with Crippen LogP contribution in [-0.4, -0.2) is 33.5 Å². The van der Waals surface area contributed by atoms with E-state index in [1.54, 1.807) is 36.5 Å². The lowest BCUT2D eigenvalue weighted by Gasteiger charge is -2.25. The number of rotatable bonds is 6. The number of halogens is 3. The first-order valence-electron chi connectivity index (χ1n) is 11.2. The minimum absolute atomic E-state index is 0.104. The molecule has 1 atom stereocenters. The minimum atomic E-state index is -4.50. The quantitative estimate of drug-likeness (QED) is 0.347.